The number of ether oxygens (including phenoxy) is 2. The van der Waals surface area contributed by atoms with E-state index in [9.17, 15) is 30.3 Å². The van der Waals surface area contributed by atoms with Gasteiger partial charge in [0, 0.05) is 6.42 Å². The van der Waals surface area contributed by atoms with Crippen molar-refractivity contribution in [3.8, 4) is 0 Å². The van der Waals surface area contributed by atoms with Crippen LogP contribution in [0.2, 0.25) is 0 Å². The summed E-state index contributed by atoms with van der Waals surface area (Å²) in [5.74, 6) is -0.181. The number of carbonyl (C=O) groups is 1. The van der Waals surface area contributed by atoms with E-state index in [1.165, 1.54) is 379 Å². The van der Waals surface area contributed by atoms with E-state index in [-0.39, 0.29) is 12.5 Å². The van der Waals surface area contributed by atoms with Crippen molar-refractivity contribution in [3.05, 3.63) is 36.5 Å². The molecule has 0 aromatic heterocycles. The Balaban J connectivity index is 2.06. The number of unbranched alkanes of at least 4 members (excludes halogenated alkanes) is 62. The summed E-state index contributed by atoms with van der Waals surface area (Å²) in [5, 5.41) is 54.9. The van der Waals surface area contributed by atoms with Gasteiger partial charge >= 0.3 is 0 Å². The molecule has 1 aliphatic heterocycles. The van der Waals surface area contributed by atoms with Crippen molar-refractivity contribution in [2.24, 2.45) is 0 Å². The summed E-state index contributed by atoms with van der Waals surface area (Å²) in [4.78, 5) is 13.2. The molecule has 6 N–H and O–H groups in total. The molecule has 94 heavy (non-hydrogen) atoms. The average molecular weight is 1330 g/mol. The SMILES string of the molecule is CCCCCCCCCCCCCCCCCCCCCCCCC/C=C/CC/C=C/CC/C=C/C(O)C(COC1OC(CO)C(O)C(O)C1O)NC(=O)CCCCCCCCCCCCCCCCCCCCCCCCCCCCCCCCCCCCCCCC. The van der Waals surface area contributed by atoms with Crippen LogP contribution in [0.25, 0.3) is 0 Å². The van der Waals surface area contributed by atoms with Gasteiger partial charge in [-0.05, 0) is 44.9 Å². The molecule has 1 amide bonds. The van der Waals surface area contributed by atoms with Crippen LogP contribution in [0, 0.1) is 0 Å². The fraction of sp³-hybridized carbons (Fsp3) is 0.918. The zero-order valence-corrected chi connectivity index (χ0v) is 62.8. The molecule has 0 saturated carbocycles. The molecule has 1 aliphatic rings. The smallest absolute Gasteiger partial charge is 0.220 e. The summed E-state index contributed by atoms with van der Waals surface area (Å²) in [6, 6.07) is -0.829. The lowest BCUT2D eigenvalue weighted by Gasteiger charge is -2.40. The molecular weight excluding hydrogens is 1160 g/mol. The Morgan fingerprint density at radius 1 is 0.351 bits per heavy atom. The van der Waals surface area contributed by atoms with Gasteiger partial charge in [-0.15, -0.1) is 0 Å². The summed E-state index contributed by atoms with van der Waals surface area (Å²) >= 11 is 0. The van der Waals surface area contributed by atoms with Gasteiger partial charge in [-0.25, -0.2) is 0 Å². The molecule has 1 rings (SSSR count). The molecule has 9 nitrogen and oxygen atoms in total. The Morgan fingerprint density at radius 3 is 0.894 bits per heavy atom. The van der Waals surface area contributed by atoms with Gasteiger partial charge in [-0.2, -0.15) is 0 Å². The van der Waals surface area contributed by atoms with E-state index < -0.39 is 49.5 Å². The predicted octanol–water partition coefficient (Wildman–Crippen LogP) is 24.5. The van der Waals surface area contributed by atoms with Crippen molar-refractivity contribution in [3.63, 3.8) is 0 Å². The van der Waals surface area contributed by atoms with E-state index in [1.54, 1.807) is 6.08 Å². The first-order valence-electron chi connectivity index (χ1n) is 42.2. The van der Waals surface area contributed by atoms with Crippen LogP contribution >= 0.6 is 0 Å². The van der Waals surface area contributed by atoms with E-state index >= 15 is 0 Å². The van der Waals surface area contributed by atoms with Crippen LogP contribution < -0.4 is 5.32 Å². The van der Waals surface area contributed by atoms with Gasteiger partial charge in [-0.3, -0.25) is 4.79 Å². The molecule has 7 atom stereocenters. The topological polar surface area (TPSA) is 149 Å². The van der Waals surface area contributed by atoms with Gasteiger partial charge in [0.25, 0.3) is 0 Å². The van der Waals surface area contributed by atoms with Gasteiger partial charge in [0.05, 0.1) is 25.4 Å². The van der Waals surface area contributed by atoms with Gasteiger partial charge in [0.15, 0.2) is 6.29 Å². The molecule has 1 fully saturated rings. The zero-order valence-electron chi connectivity index (χ0n) is 62.8. The second-order valence-corrected chi connectivity index (χ2v) is 29.6. The lowest BCUT2D eigenvalue weighted by molar-refractivity contribution is -0.302. The van der Waals surface area contributed by atoms with Gasteiger partial charge in [-0.1, -0.05) is 429 Å². The number of carbonyl (C=O) groups excluding carboxylic acids is 1. The van der Waals surface area contributed by atoms with Gasteiger partial charge in [0.1, 0.15) is 24.4 Å². The third-order valence-corrected chi connectivity index (χ3v) is 20.4. The molecule has 1 saturated heterocycles. The minimum absolute atomic E-state index is 0.181. The van der Waals surface area contributed by atoms with Crippen molar-refractivity contribution < 1.29 is 39.8 Å². The number of aliphatic hydroxyl groups excluding tert-OH is 5. The highest BCUT2D eigenvalue weighted by molar-refractivity contribution is 5.76. The standard InChI is InChI=1S/C85H163NO8/c1-3-5-7-9-11-13-15-17-19-21-23-25-27-29-31-33-35-37-38-39-40-41-43-45-47-49-51-53-55-57-59-61-63-65-67-69-71-73-75-81(89)86-78(77-93-85-84(92)83(91)82(90)80(76-87)94-85)79(88)74-72-70-68-66-64-62-60-58-56-54-52-50-48-46-44-42-36-34-32-30-28-26-24-22-20-18-16-14-12-10-8-6-4-2/h56,58,64,66,72,74,78-80,82-85,87-88,90-92H,3-55,57,59-63,65,67-71,73,75-77H2,1-2H3,(H,86,89)/b58-56+,66-64+,74-72+. The van der Waals surface area contributed by atoms with Crippen LogP contribution in [0.3, 0.4) is 0 Å². The van der Waals surface area contributed by atoms with E-state index in [0.29, 0.717) is 6.42 Å². The predicted molar refractivity (Wildman–Crippen MR) is 406 cm³/mol. The number of rotatable bonds is 76. The Hall–Kier alpha value is -1.59. The summed E-state index contributed by atoms with van der Waals surface area (Å²) < 4.78 is 11.3. The molecule has 0 aliphatic carbocycles. The number of allylic oxidation sites excluding steroid dienone is 5. The maximum Gasteiger partial charge on any atom is 0.220 e. The van der Waals surface area contributed by atoms with Crippen LogP contribution in [0.15, 0.2) is 36.5 Å². The lowest BCUT2D eigenvalue weighted by Crippen LogP contribution is -2.60. The highest BCUT2D eigenvalue weighted by atomic mass is 16.7. The first-order chi connectivity index (χ1) is 46.3. The summed E-state index contributed by atoms with van der Waals surface area (Å²) in [6.45, 7) is 3.83. The normalized spacial score (nSPS) is 17.6. The third-order valence-electron chi connectivity index (χ3n) is 20.4. The summed E-state index contributed by atoms with van der Waals surface area (Å²) in [7, 11) is 0. The van der Waals surface area contributed by atoms with Crippen LogP contribution in [0.5, 0.6) is 0 Å². The Morgan fingerprint density at radius 2 is 0.606 bits per heavy atom. The molecule has 1 heterocycles. The second kappa shape index (κ2) is 74.1. The van der Waals surface area contributed by atoms with E-state index in [2.05, 4.69) is 43.5 Å². The first-order valence-corrected chi connectivity index (χ1v) is 42.2. The quantitative estimate of drug-likeness (QED) is 0.0261. The van der Waals surface area contributed by atoms with Crippen LogP contribution in [0.4, 0.5) is 0 Å². The highest BCUT2D eigenvalue weighted by Gasteiger charge is 2.44. The van der Waals surface area contributed by atoms with Crippen molar-refractivity contribution >= 4 is 5.91 Å². The van der Waals surface area contributed by atoms with Crippen LogP contribution in [0.1, 0.15) is 444 Å². The molecule has 556 valence electrons. The summed E-state index contributed by atoms with van der Waals surface area (Å²) in [6.07, 6.45) is 94.8. The maximum absolute atomic E-state index is 13.2. The van der Waals surface area contributed by atoms with E-state index in [1.807, 2.05) is 6.08 Å². The number of hydrogen-bond acceptors (Lipinski definition) is 8. The van der Waals surface area contributed by atoms with Crippen LogP contribution in [-0.4, -0.2) is 87.5 Å². The van der Waals surface area contributed by atoms with E-state index in [4.69, 9.17) is 9.47 Å². The Labute approximate surface area is 584 Å². The molecule has 7 unspecified atom stereocenters. The number of amides is 1. The minimum Gasteiger partial charge on any atom is -0.394 e. The molecule has 0 spiro atoms. The van der Waals surface area contributed by atoms with Crippen molar-refractivity contribution in [1.82, 2.24) is 5.32 Å². The Kier molecular flexibility index (Phi) is 71.3. The molecule has 0 radical (unpaired) electrons. The molecule has 0 bridgehead atoms. The second-order valence-electron chi connectivity index (χ2n) is 29.6. The van der Waals surface area contributed by atoms with Crippen molar-refractivity contribution in [2.75, 3.05) is 13.2 Å². The summed E-state index contributed by atoms with van der Waals surface area (Å²) in [5.41, 5.74) is 0. The largest absolute Gasteiger partial charge is 0.394 e. The van der Waals surface area contributed by atoms with Crippen molar-refractivity contribution in [2.45, 2.75) is 487 Å². The zero-order chi connectivity index (χ0) is 67.8. The lowest BCUT2D eigenvalue weighted by atomic mass is 9.99. The third kappa shape index (κ3) is 61.5. The minimum atomic E-state index is -1.58. The maximum atomic E-state index is 13.2. The average Bonchev–Trinajstić information content (AvgIpc) is 0.833. The molecule has 0 aromatic carbocycles. The number of nitrogens with one attached hydrogen (secondary N) is 1. The molecule has 0 aromatic rings. The fourth-order valence-corrected chi connectivity index (χ4v) is 13.9. The monoisotopic (exact) mass is 1330 g/mol. The van der Waals surface area contributed by atoms with Crippen molar-refractivity contribution in [1.29, 1.82) is 0 Å². The van der Waals surface area contributed by atoms with Gasteiger partial charge < -0.3 is 40.3 Å². The Bertz CT molecular complexity index is 1590. The number of aliphatic hydroxyl groups is 5. The van der Waals surface area contributed by atoms with Crippen LogP contribution in [-0.2, 0) is 14.3 Å². The fourth-order valence-electron chi connectivity index (χ4n) is 13.9. The number of hydrogen-bond donors (Lipinski definition) is 6. The van der Waals surface area contributed by atoms with E-state index in [0.717, 1.165) is 44.9 Å². The van der Waals surface area contributed by atoms with Gasteiger partial charge in [0.2, 0.25) is 5.91 Å². The molecular formula is C85H163NO8. The molecule has 9 heteroatoms. The first kappa shape index (κ1) is 90.4. The highest BCUT2D eigenvalue weighted by Crippen LogP contribution is 2.24.